The van der Waals surface area contributed by atoms with Crippen molar-refractivity contribution in [1.29, 1.82) is 0 Å². The maximum absolute atomic E-state index is 12.6. The van der Waals surface area contributed by atoms with E-state index in [1.165, 1.54) is 37.9 Å². The second-order valence-electron chi connectivity index (χ2n) is 8.13. The molecule has 29 heavy (non-hydrogen) atoms. The molecule has 0 saturated carbocycles. The van der Waals surface area contributed by atoms with Gasteiger partial charge in [-0.05, 0) is 56.8 Å². The molecule has 2 saturated heterocycles. The molecule has 0 bridgehead atoms. The van der Waals surface area contributed by atoms with Crippen LogP contribution in [0.25, 0.3) is 0 Å². The Labute approximate surface area is 191 Å². The highest BCUT2D eigenvalue weighted by atomic mass is 127. The standard InChI is InChI=1S/C22H33N5O.HI/c1-23-22(26-15-11-19(17-26)25-13-4-5-14-25)24-12-6-9-21(28)27-16-10-18-7-2-3-8-20(18)27;/h2-3,7-8,19H,4-6,9-17H2,1H3,(H,23,24);1H. The molecule has 7 heteroatoms. The van der Waals surface area contributed by atoms with Gasteiger partial charge < -0.3 is 15.1 Å². The molecule has 1 aromatic rings. The number of hydrogen-bond donors (Lipinski definition) is 1. The molecule has 0 spiro atoms. The summed E-state index contributed by atoms with van der Waals surface area (Å²) in [6.45, 7) is 6.27. The maximum atomic E-state index is 12.6. The third-order valence-corrected chi connectivity index (χ3v) is 6.37. The predicted molar refractivity (Wildman–Crippen MR) is 129 cm³/mol. The number of nitrogens with one attached hydrogen (secondary N) is 1. The van der Waals surface area contributed by atoms with Gasteiger partial charge >= 0.3 is 0 Å². The molecule has 1 atom stereocenters. The lowest BCUT2D eigenvalue weighted by atomic mass is 10.2. The summed E-state index contributed by atoms with van der Waals surface area (Å²) in [5, 5.41) is 3.47. The number of carbonyl (C=O) groups excluding carboxylic acids is 1. The fourth-order valence-corrected chi connectivity index (χ4v) is 4.84. The maximum Gasteiger partial charge on any atom is 0.227 e. The second kappa shape index (κ2) is 10.6. The van der Waals surface area contributed by atoms with Crippen molar-refractivity contribution < 1.29 is 4.79 Å². The van der Waals surface area contributed by atoms with Crippen LogP contribution in [0.15, 0.2) is 29.3 Å². The van der Waals surface area contributed by atoms with Gasteiger partial charge in [-0.25, -0.2) is 0 Å². The molecule has 0 aliphatic carbocycles. The monoisotopic (exact) mass is 511 g/mol. The third-order valence-electron chi connectivity index (χ3n) is 6.37. The zero-order chi connectivity index (χ0) is 19.3. The van der Waals surface area contributed by atoms with Crippen LogP contribution in [0.4, 0.5) is 5.69 Å². The molecule has 3 heterocycles. The minimum absolute atomic E-state index is 0. The number of nitrogens with zero attached hydrogens (tertiary/aromatic N) is 4. The van der Waals surface area contributed by atoms with Gasteiger partial charge in [0.1, 0.15) is 0 Å². The summed E-state index contributed by atoms with van der Waals surface area (Å²) in [7, 11) is 1.86. The summed E-state index contributed by atoms with van der Waals surface area (Å²) in [5.74, 6) is 1.22. The van der Waals surface area contributed by atoms with Crippen LogP contribution in [0, 0.1) is 0 Å². The van der Waals surface area contributed by atoms with Gasteiger partial charge in [0, 0.05) is 51.4 Å². The highest BCUT2D eigenvalue weighted by Crippen LogP contribution is 2.28. The van der Waals surface area contributed by atoms with Crippen LogP contribution in [0.5, 0.6) is 0 Å². The largest absolute Gasteiger partial charge is 0.356 e. The van der Waals surface area contributed by atoms with Crippen molar-refractivity contribution in [3.05, 3.63) is 29.8 Å². The highest BCUT2D eigenvalue weighted by molar-refractivity contribution is 14.0. The van der Waals surface area contributed by atoms with E-state index in [1.54, 1.807) is 0 Å². The molecule has 0 aromatic heterocycles. The van der Waals surface area contributed by atoms with Crippen LogP contribution in [0.2, 0.25) is 0 Å². The van der Waals surface area contributed by atoms with E-state index in [2.05, 4.69) is 38.3 Å². The molecule has 2 fully saturated rings. The third kappa shape index (κ3) is 5.23. The molecular weight excluding hydrogens is 477 g/mol. The van der Waals surface area contributed by atoms with E-state index in [0.717, 1.165) is 50.7 Å². The van der Waals surface area contributed by atoms with E-state index >= 15 is 0 Å². The lowest BCUT2D eigenvalue weighted by Crippen LogP contribution is -2.43. The Bertz CT molecular complexity index is 719. The first-order valence-corrected chi connectivity index (χ1v) is 10.8. The summed E-state index contributed by atoms with van der Waals surface area (Å²) in [5.41, 5.74) is 2.39. The van der Waals surface area contributed by atoms with Crippen molar-refractivity contribution in [3.8, 4) is 0 Å². The number of carbonyl (C=O) groups is 1. The van der Waals surface area contributed by atoms with E-state index in [-0.39, 0.29) is 29.9 Å². The van der Waals surface area contributed by atoms with E-state index in [4.69, 9.17) is 0 Å². The average molecular weight is 511 g/mol. The first-order valence-electron chi connectivity index (χ1n) is 10.8. The lowest BCUT2D eigenvalue weighted by Gasteiger charge is -2.25. The SMILES string of the molecule is CN=C(NCCCC(=O)N1CCc2ccccc21)N1CCC(N2CCCC2)C1.I. The Kier molecular flexibility index (Phi) is 8.17. The van der Waals surface area contributed by atoms with Crippen molar-refractivity contribution in [2.75, 3.05) is 51.2 Å². The number of hydrogen-bond acceptors (Lipinski definition) is 3. The Morgan fingerprint density at radius 2 is 1.97 bits per heavy atom. The fourth-order valence-electron chi connectivity index (χ4n) is 4.84. The first-order chi connectivity index (χ1) is 13.8. The van der Waals surface area contributed by atoms with Gasteiger partial charge in [-0.1, -0.05) is 18.2 Å². The van der Waals surface area contributed by atoms with Gasteiger partial charge in [0.15, 0.2) is 5.96 Å². The number of guanidine groups is 1. The number of amides is 1. The van der Waals surface area contributed by atoms with Crippen molar-refractivity contribution in [1.82, 2.24) is 15.1 Å². The fraction of sp³-hybridized carbons (Fsp3) is 0.636. The predicted octanol–water partition coefficient (Wildman–Crippen LogP) is 2.72. The number of para-hydroxylation sites is 1. The molecular formula is C22H34IN5O. The molecule has 160 valence electrons. The normalized spacial score (nSPS) is 22.0. The molecule has 1 amide bonds. The van der Waals surface area contributed by atoms with Gasteiger partial charge in [-0.15, -0.1) is 24.0 Å². The molecule has 1 aromatic carbocycles. The zero-order valence-corrected chi connectivity index (χ0v) is 19.8. The van der Waals surface area contributed by atoms with E-state index in [0.29, 0.717) is 12.5 Å². The van der Waals surface area contributed by atoms with Crippen LogP contribution in [0.3, 0.4) is 0 Å². The average Bonchev–Trinajstić information content (AvgIpc) is 3.47. The quantitative estimate of drug-likeness (QED) is 0.286. The number of benzene rings is 1. The minimum Gasteiger partial charge on any atom is -0.356 e. The first kappa shape index (κ1) is 22.3. The Hall–Kier alpha value is -1.35. The summed E-state index contributed by atoms with van der Waals surface area (Å²) in [6.07, 6.45) is 6.31. The molecule has 4 rings (SSSR count). The van der Waals surface area contributed by atoms with Gasteiger partial charge in [-0.2, -0.15) is 0 Å². The van der Waals surface area contributed by atoms with Crippen LogP contribution >= 0.6 is 24.0 Å². The summed E-state index contributed by atoms with van der Waals surface area (Å²) in [6, 6.07) is 8.93. The lowest BCUT2D eigenvalue weighted by molar-refractivity contribution is -0.118. The number of likely N-dealkylation sites (tertiary alicyclic amines) is 2. The van der Waals surface area contributed by atoms with Gasteiger partial charge in [0.25, 0.3) is 0 Å². The number of halogens is 1. The Balaban J connectivity index is 0.00000240. The van der Waals surface area contributed by atoms with E-state index in [9.17, 15) is 4.79 Å². The summed E-state index contributed by atoms with van der Waals surface area (Å²) < 4.78 is 0. The highest BCUT2D eigenvalue weighted by Gasteiger charge is 2.30. The Morgan fingerprint density at radius 3 is 2.76 bits per heavy atom. The second-order valence-corrected chi connectivity index (χ2v) is 8.13. The van der Waals surface area contributed by atoms with Crippen molar-refractivity contribution >= 4 is 41.5 Å². The van der Waals surface area contributed by atoms with Crippen molar-refractivity contribution in [2.24, 2.45) is 4.99 Å². The smallest absolute Gasteiger partial charge is 0.227 e. The Morgan fingerprint density at radius 1 is 1.17 bits per heavy atom. The summed E-state index contributed by atoms with van der Waals surface area (Å²) in [4.78, 5) is 24.1. The van der Waals surface area contributed by atoms with Gasteiger partial charge in [-0.3, -0.25) is 14.7 Å². The number of anilines is 1. The summed E-state index contributed by atoms with van der Waals surface area (Å²) >= 11 is 0. The van der Waals surface area contributed by atoms with Crippen LogP contribution in [-0.4, -0.2) is 74.0 Å². The molecule has 3 aliphatic rings. The zero-order valence-electron chi connectivity index (χ0n) is 17.5. The van der Waals surface area contributed by atoms with Crippen molar-refractivity contribution in [3.63, 3.8) is 0 Å². The molecule has 1 unspecified atom stereocenters. The molecule has 0 radical (unpaired) electrons. The molecule has 3 aliphatic heterocycles. The van der Waals surface area contributed by atoms with E-state index in [1.807, 2.05) is 18.0 Å². The van der Waals surface area contributed by atoms with Gasteiger partial charge in [0.2, 0.25) is 5.91 Å². The van der Waals surface area contributed by atoms with Crippen LogP contribution in [0.1, 0.15) is 37.7 Å². The molecule has 6 nitrogen and oxygen atoms in total. The molecule has 1 N–H and O–H groups in total. The van der Waals surface area contributed by atoms with Crippen molar-refractivity contribution in [2.45, 2.75) is 44.6 Å². The minimum atomic E-state index is 0. The number of rotatable bonds is 5. The number of aliphatic imine (C=N–C) groups is 1. The van der Waals surface area contributed by atoms with Crippen LogP contribution in [-0.2, 0) is 11.2 Å². The topological polar surface area (TPSA) is 51.2 Å². The number of fused-ring (bicyclic) bond motifs is 1. The van der Waals surface area contributed by atoms with Crippen LogP contribution < -0.4 is 10.2 Å². The van der Waals surface area contributed by atoms with E-state index < -0.39 is 0 Å². The van der Waals surface area contributed by atoms with Gasteiger partial charge in [0.05, 0.1) is 0 Å².